The van der Waals surface area contributed by atoms with Crippen LogP contribution in [0.25, 0.3) is 0 Å². The second kappa shape index (κ2) is 7.09. The van der Waals surface area contributed by atoms with Gasteiger partial charge in [0, 0.05) is 6.07 Å². The van der Waals surface area contributed by atoms with Gasteiger partial charge in [-0.15, -0.1) is 0 Å². The van der Waals surface area contributed by atoms with Crippen LogP contribution in [0.3, 0.4) is 0 Å². The van der Waals surface area contributed by atoms with Gasteiger partial charge in [-0.1, -0.05) is 32.6 Å². The Hall–Kier alpha value is -1.25. The maximum Gasteiger partial charge on any atom is 0.163 e. The zero-order chi connectivity index (χ0) is 11.8. The topological polar surface area (TPSA) is 29.5 Å². The molecule has 1 aromatic rings. The number of aromatic hydroxyl groups is 1. The van der Waals surface area contributed by atoms with Crippen molar-refractivity contribution in [2.24, 2.45) is 0 Å². The molecule has 1 rings (SSSR count). The normalized spacial score (nSPS) is 10.4. The van der Waals surface area contributed by atoms with E-state index in [9.17, 15) is 9.50 Å². The Morgan fingerprint density at radius 2 is 1.94 bits per heavy atom. The molecule has 0 amide bonds. The van der Waals surface area contributed by atoms with E-state index < -0.39 is 5.82 Å². The molecule has 0 saturated carbocycles. The molecule has 0 aliphatic rings. The lowest BCUT2D eigenvalue weighted by molar-refractivity contribution is 0.287. The molecule has 90 valence electrons. The number of unbranched alkanes of at least 4 members (excludes halogenated alkanes) is 4. The van der Waals surface area contributed by atoms with E-state index in [2.05, 4.69) is 6.92 Å². The summed E-state index contributed by atoms with van der Waals surface area (Å²) in [6.45, 7) is 2.70. The summed E-state index contributed by atoms with van der Waals surface area (Å²) in [5.41, 5.74) is 0. The molecule has 2 nitrogen and oxygen atoms in total. The van der Waals surface area contributed by atoms with Crippen molar-refractivity contribution in [3.8, 4) is 11.5 Å². The summed E-state index contributed by atoms with van der Waals surface area (Å²) in [5, 5.41) is 9.38. The summed E-state index contributed by atoms with van der Waals surface area (Å²) in [4.78, 5) is 0. The number of ether oxygens (including phenoxy) is 1. The second-order valence-electron chi connectivity index (χ2n) is 3.87. The molecule has 0 spiro atoms. The third kappa shape index (κ3) is 4.51. The molecule has 0 heterocycles. The molecule has 0 atom stereocenters. The number of hydrogen-bond donors (Lipinski definition) is 1. The predicted molar refractivity (Wildman–Crippen MR) is 62.3 cm³/mol. The summed E-state index contributed by atoms with van der Waals surface area (Å²) in [7, 11) is 0. The Bertz CT molecular complexity index is 313. The molecule has 0 aromatic heterocycles. The van der Waals surface area contributed by atoms with Crippen molar-refractivity contribution in [3.63, 3.8) is 0 Å². The van der Waals surface area contributed by atoms with Crippen LogP contribution < -0.4 is 4.74 Å². The minimum Gasteiger partial charge on any atom is -0.504 e. The molecular weight excluding hydrogens is 207 g/mol. The third-order valence-corrected chi connectivity index (χ3v) is 2.43. The van der Waals surface area contributed by atoms with Gasteiger partial charge in [0.15, 0.2) is 11.5 Å². The Balaban J connectivity index is 2.23. The van der Waals surface area contributed by atoms with E-state index in [4.69, 9.17) is 4.74 Å². The number of rotatable bonds is 7. The first kappa shape index (κ1) is 12.8. The van der Waals surface area contributed by atoms with E-state index in [0.717, 1.165) is 12.8 Å². The molecule has 1 aromatic carbocycles. The van der Waals surface area contributed by atoms with Crippen LogP contribution >= 0.6 is 0 Å². The summed E-state index contributed by atoms with van der Waals surface area (Å²) in [5.74, 6) is -0.163. The van der Waals surface area contributed by atoms with Crippen LogP contribution in [-0.4, -0.2) is 11.7 Å². The Morgan fingerprint density at radius 1 is 1.19 bits per heavy atom. The molecule has 3 heteroatoms. The molecule has 0 aliphatic carbocycles. The lowest BCUT2D eigenvalue weighted by Crippen LogP contribution is -1.97. The Morgan fingerprint density at radius 3 is 2.69 bits per heavy atom. The zero-order valence-electron chi connectivity index (χ0n) is 9.71. The van der Waals surface area contributed by atoms with Crippen LogP contribution in [0.1, 0.15) is 39.0 Å². The molecule has 0 radical (unpaired) electrons. The van der Waals surface area contributed by atoms with Crippen LogP contribution in [0.4, 0.5) is 4.39 Å². The van der Waals surface area contributed by atoms with Gasteiger partial charge in [0.05, 0.1) is 6.61 Å². The number of halogens is 1. The maximum atomic E-state index is 12.8. The van der Waals surface area contributed by atoms with Gasteiger partial charge in [-0.25, -0.2) is 4.39 Å². The summed E-state index contributed by atoms with van der Waals surface area (Å²) in [6.07, 6.45) is 5.71. The Labute approximate surface area is 96.1 Å². The number of hydrogen-bond acceptors (Lipinski definition) is 2. The lowest BCUT2D eigenvalue weighted by Gasteiger charge is -2.07. The lowest BCUT2D eigenvalue weighted by atomic mass is 10.2. The SMILES string of the molecule is CCCCCCCOc1cc(F)ccc1O. The maximum absolute atomic E-state index is 12.8. The van der Waals surface area contributed by atoms with Crippen molar-refractivity contribution in [3.05, 3.63) is 24.0 Å². The fourth-order valence-corrected chi connectivity index (χ4v) is 1.49. The van der Waals surface area contributed by atoms with E-state index in [-0.39, 0.29) is 11.5 Å². The first-order chi connectivity index (χ1) is 7.74. The molecule has 0 bridgehead atoms. The molecule has 0 aliphatic heterocycles. The van der Waals surface area contributed by atoms with Crippen molar-refractivity contribution in [2.75, 3.05) is 6.61 Å². The van der Waals surface area contributed by atoms with E-state index >= 15 is 0 Å². The van der Waals surface area contributed by atoms with Crippen LogP contribution in [-0.2, 0) is 0 Å². The smallest absolute Gasteiger partial charge is 0.163 e. The zero-order valence-corrected chi connectivity index (χ0v) is 9.71. The summed E-state index contributed by atoms with van der Waals surface area (Å²) in [6, 6.07) is 3.73. The van der Waals surface area contributed by atoms with Crippen molar-refractivity contribution in [1.29, 1.82) is 0 Å². The minimum absolute atomic E-state index is 0.00467. The molecule has 16 heavy (non-hydrogen) atoms. The highest BCUT2D eigenvalue weighted by molar-refractivity contribution is 5.38. The summed E-state index contributed by atoms with van der Waals surface area (Å²) < 4.78 is 18.1. The van der Waals surface area contributed by atoms with Gasteiger partial charge in [0.25, 0.3) is 0 Å². The monoisotopic (exact) mass is 226 g/mol. The van der Waals surface area contributed by atoms with E-state index in [1.54, 1.807) is 0 Å². The highest BCUT2D eigenvalue weighted by atomic mass is 19.1. The average molecular weight is 226 g/mol. The van der Waals surface area contributed by atoms with E-state index in [1.165, 1.54) is 37.5 Å². The minimum atomic E-state index is -0.390. The highest BCUT2D eigenvalue weighted by Gasteiger charge is 2.03. The van der Waals surface area contributed by atoms with E-state index in [1.807, 2.05) is 0 Å². The van der Waals surface area contributed by atoms with Gasteiger partial charge in [-0.3, -0.25) is 0 Å². The van der Waals surface area contributed by atoms with E-state index in [0.29, 0.717) is 6.61 Å². The fourth-order valence-electron chi connectivity index (χ4n) is 1.49. The van der Waals surface area contributed by atoms with Gasteiger partial charge >= 0.3 is 0 Å². The second-order valence-corrected chi connectivity index (χ2v) is 3.87. The van der Waals surface area contributed by atoms with Crippen LogP contribution in [0, 0.1) is 5.82 Å². The van der Waals surface area contributed by atoms with Crippen LogP contribution in [0.5, 0.6) is 11.5 Å². The number of phenolic OH excluding ortho intramolecular Hbond substituents is 1. The molecule has 1 N–H and O–H groups in total. The Kier molecular flexibility index (Phi) is 5.68. The van der Waals surface area contributed by atoms with Crippen molar-refractivity contribution in [1.82, 2.24) is 0 Å². The molecule has 0 fully saturated rings. The van der Waals surface area contributed by atoms with Crippen LogP contribution in [0.15, 0.2) is 18.2 Å². The average Bonchev–Trinajstić information content (AvgIpc) is 2.28. The summed E-state index contributed by atoms with van der Waals surface area (Å²) >= 11 is 0. The van der Waals surface area contributed by atoms with Crippen molar-refractivity contribution >= 4 is 0 Å². The molecule has 0 saturated heterocycles. The first-order valence-electron chi connectivity index (χ1n) is 5.85. The van der Waals surface area contributed by atoms with Gasteiger partial charge in [-0.2, -0.15) is 0 Å². The predicted octanol–water partition coefficient (Wildman–Crippen LogP) is 3.88. The highest BCUT2D eigenvalue weighted by Crippen LogP contribution is 2.26. The van der Waals surface area contributed by atoms with Gasteiger partial charge in [0.2, 0.25) is 0 Å². The van der Waals surface area contributed by atoms with Crippen molar-refractivity contribution < 1.29 is 14.2 Å². The molecular formula is C13H19FO2. The van der Waals surface area contributed by atoms with Gasteiger partial charge in [0.1, 0.15) is 5.82 Å². The third-order valence-electron chi connectivity index (χ3n) is 2.43. The van der Waals surface area contributed by atoms with Gasteiger partial charge in [-0.05, 0) is 18.6 Å². The van der Waals surface area contributed by atoms with Crippen LogP contribution in [0.2, 0.25) is 0 Å². The van der Waals surface area contributed by atoms with Gasteiger partial charge < -0.3 is 9.84 Å². The largest absolute Gasteiger partial charge is 0.504 e. The standard InChI is InChI=1S/C13H19FO2/c1-2-3-4-5-6-9-16-13-10-11(14)7-8-12(13)15/h7-8,10,15H,2-6,9H2,1H3. The quantitative estimate of drug-likeness (QED) is 0.715. The fraction of sp³-hybridized carbons (Fsp3) is 0.538. The number of phenols is 1. The molecule has 0 unspecified atom stereocenters. The first-order valence-corrected chi connectivity index (χ1v) is 5.85. The number of benzene rings is 1. The van der Waals surface area contributed by atoms with Crippen molar-refractivity contribution in [2.45, 2.75) is 39.0 Å².